The Morgan fingerprint density at radius 2 is 1.91 bits per heavy atom. The van der Waals surface area contributed by atoms with E-state index in [1.54, 1.807) is 9.80 Å². The summed E-state index contributed by atoms with van der Waals surface area (Å²) in [6.45, 7) is 5.73. The Balaban J connectivity index is 1.80. The van der Waals surface area contributed by atoms with Gasteiger partial charge >= 0.3 is 0 Å². The lowest BCUT2D eigenvalue weighted by Gasteiger charge is -2.32. The molecule has 2 aromatic rings. The molecule has 1 aliphatic heterocycles. The number of para-hydroxylation sites is 1. The molecule has 0 aromatic heterocycles. The van der Waals surface area contributed by atoms with Crippen LogP contribution in [0.3, 0.4) is 0 Å². The first-order chi connectivity index (χ1) is 15.5. The van der Waals surface area contributed by atoms with Gasteiger partial charge in [-0.15, -0.1) is 0 Å². The number of amides is 2. The first-order valence-electron chi connectivity index (χ1n) is 11.4. The molecule has 172 valence electrons. The summed E-state index contributed by atoms with van der Waals surface area (Å²) in [6.07, 6.45) is 3.47. The van der Waals surface area contributed by atoms with E-state index in [-0.39, 0.29) is 18.4 Å². The predicted molar refractivity (Wildman–Crippen MR) is 125 cm³/mol. The summed E-state index contributed by atoms with van der Waals surface area (Å²) in [4.78, 5) is 29.8. The number of rotatable bonds is 9. The van der Waals surface area contributed by atoms with Crippen LogP contribution in [0.15, 0.2) is 48.5 Å². The molecule has 0 bridgehead atoms. The Hall–Kier alpha value is -3.02. The molecule has 2 amide bonds. The molecular weight excluding hydrogens is 404 g/mol. The second kappa shape index (κ2) is 11.6. The van der Waals surface area contributed by atoms with Crippen molar-refractivity contribution in [1.82, 2.24) is 9.80 Å². The number of hydrogen-bond acceptors (Lipinski definition) is 4. The van der Waals surface area contributed by atoms with Crippen LogP contribution >= 0.6 is 0 Å². The maximum absolute atomic E-state index is 13.3. The number of hydrogen-bond donors (Lipinski definition) is 0. The Bertz CT molecular complexity index is 900. The summed E-state index contributed by atoms with van der Waals surface area (Å²) < 4.78 is 11.5. The lowest BCUT2D eigenvalue weighted by molar-refractivity contribution is -0.146. The lowest BCUT2D eigenvalue weighted by atomic mass is 10.1. The highest BCUT2D eigenvalue weighted by atomic mass is 16.5. The number of likely N-dealkylation sites (tertiary alicyclic amines) is 1. The summed E-state index contributed by atoms with van der Waals surface area (Å²) in [5.41, 5.74) is 1.99. The van der Waals surface area contributed by atoms with Crippen LogP contribution in [0.25, 0.3) is 0 Å². The van der Waals surface area contributed by atoms with E-state index in [0.29, 0.717) is 25.3 Å². The maximum Gasteiger partial charge on any atom is 0.261 e. The Kier molecular flexibility index (Phi) is 8.54. The van der Waals surface area contributed by atoms with Gasteiger partial charge in [-0.1, -0.05) is 37.3 Å². The molecule has 1 heterocycles. The molecule has 1 saturated heterocycles. The van der Waals surface area contributed by atoms with Crippen LogP contribution in [0.2, 0.25) is 0 Å². The summed E-state index contributed by atoms with van der Waals surface area (Å²) in [5.74, 6) is 1.30. The zero-order valence-corrected chi connectivity index (χ0v) is 19.4. The standard InChI is InChI=1S/C26H34N2O4/c1-4-16-31-24-14-13-21(17-20(24)2)18-28(23-12-8-9-15-27(3)26(23)30)25(29)19-32-22-10-6-5-7-11-22/h5-7,10-11,13-14,17,23H,4,8-9,12,15-16,18-19H2,1-3H3/t23-/m0/s1. The van der Waals surface area contributed by atoms with E-state index >= 15 is 0 Å². The van der Waals surface area contributed by atoms with Crippen molar-refractivity contribution in [2.75, 3.05) is 26.8 Å². The van der Waals surface area contributed by atoms with Crippen LogP contribution in [0.4, 0.5) is 0 Å². The normalized spacial score (nSPS) is 16.4. The van der Waals surface area contributed by atoms with Crippen molar-refractivity contribution in [1.29, 1.82) is 0 Å². The molecule has 0 saturated carbocycles. The van der Waals surface area contributed by atoms with Gasteiger partial charge in [0.2, 0.25) is 5.91 Å². The third kappa shape index (κ3) is 6.25. The van der Waals surface area contributed by atoms with Gasteiger partial charge in [0, 0.05) is 20.1 Å². The molecule has 2 aromatic carbocycles. The molecule has 0 spiro atoms. The average Bonchev–Trinajstić information content (AvgIpc) is 2.97. The molecule has 6 nitrogen and oxygen atoms in total. The molecule has 1 fully saturated rings. The predicted octanol–water partition coefficient (Wildman–Crippen LogP) is 4.20. The van der Waals surface area contributed by atoms with Gasteiger partial charge in [0.1, 0.15) is 17.5 Å². The second-order valence-electron chi connectivity index (χ2n) is 8.34. The van der Waals surface area contributed by atoms with Gasteiger partial charge in [-0.3, -0.25) is 9.59 Å². The lowest BCUT2D eigenvalue weighted by Crippen LogP contribution is -2.50. The van der Waals surface area contributed by atoms with Crippen molar-refractivity contribution < 1.29 is 19.1 Å². The zero-order valence-electron chi connectivity index (χ0n) is 19.4. The number of carbonyl (C=O) groups excluding carboxylic acids is 2. The fraction of sp³-hybridized carbons (Fsp3) is 0.462. The van der Waals surface area contributed by atoms with Crippen LogP contribution in [0.1, 0.15) is 43.7 Å². The van der Waals surface area contributed by atoms with Crippen molar-refractivity contribution >= 4 is 11.8 Å². The molecule has 0 N–H and O–H groups in total. The summed E-state index contributed by atoms with van der Waals surface area (Å²) in [6, 6.07) is 14.8. The SMILES string of the molecule is CCCOc1ccc(CN(C(=O)COc2ccccc2)[C@H]2CCCCN(C)C2=O)cc1C. The van der Waals surface area contributed by atoms with E-state index in [1.165, 1.54) is 0 Å². The summed E-state index contributed by atoms with van der Waals surface area (Å²) >= 11 is 0. The van der Waals surface area contributed by atoms with E-state index in [2.05, 4.69) is 6.92 Å². The van der Waals surface area contributed by atoms with Gasteiger partial charge in [0.25, 0.3) is 5.91 Å². The second-order valence-corrected chi connectivity index (χ2v) is 8.34. The van der Waals surface area contributed by atoms with Crippen LogP contribution in [0, 0.1) is 6.92 Å². The monoisotopic (exact) mass is 438 g/mol. The van der Waals surface area contributed by atoms with E-state index in [4.69, 9.17) is 9.47 Å². The zero-order chi connectivity index (χ0) is 22.9. The minimum atomic E-state index is -0.481. The molecule has 0 aliphatic carbocycles. The van der Waals surface area contributed by atoms with Gasteiger partial charge < -0.3 is 19.3 Å². The minimum absolute atomic E-state index is 0.00446. The quantitative estimate of drug-likeness (QED) is 0.589. The van der Waals surface area contributed by atoms with Gasteiger partial charge in [0.15, 0.2) is 6.61 Å². The average molecular weight is 439 g/mol. The largest absolute Gasteiger partial charge is 0.493 e. The van der Waals surface area contributed by atoms with Crippen LogP contribution in [0.5, 0.6) is 11.5 Å². The number of ether oxygens (including phenoxy) is 2. The van der Waals surface area contributed by atoms with E-state index in [1.807, 2.05) is 62.5 Å². The fourth-order valence-corrected chi connectivity index (χ4v) is 3.96. The van der Waals surface area contributed by atoms with Crippen molar-refractivity contribution in [3.63, 3.8) is 0 Å². The summed E-state index contributed by atoms with van der Waals surface area (Å²) in [5, 5.41) is 0. The van der Waals surface area contributed by atoms with Crippen molar-refractivity contribution in [3.05, 3.63) is 59.7 Å². The first-order valence-corrected chi connectivity index (χ1v) is 11.4. The molecule has 1 atom stereocenters. The molecular formula is C26H34N2O4. The molecule has 1 aliphatic rings. The minimum Gasteiger partial charge on any atom is -0.493 e. The Labute approximate surface area is 191 Å². The number of aryl methyl sites for hydroxylation is 1. The highest BCUT2D eigenvalue weighted by molar-refractivity contribution is 5.88. The number of nitrogens with zero attached hydrogens (tertiary/aromatic N) is 2. The van der Waals surface area contributed by atoms with Gasteiger partial charge in [-0.2, -0.15) is 0 Å². The van der Waals surface area contributed by atoms with Gasteiger partial charge in [0.05, 0.1) is 6.61 Å². The third-order valence-corrected chi connectivity index (χ3v) is 5.74. The van der Waals surface area contributed by atoms with Crippen LogP contribution in [-0.2, 0) is 16.1 Å². The fourth-order valence-electron chi connectivity index (χ4n) is 3.96. The first kappa shape index (κ1) is 23.6. The number of likely N-dealkylation sites (N-methyl/N-ethyl adjacent to an activating group) is 1. The summed E-state index contributed by atoms with van der Waals surface area (Å²) in [7, 11) is 1.81. The van der Waals surface area contributed by atoms with Gasteiger partial charge in [-0.25, -0.2) is 0 Å². The maximum atomic E-state index is 13.3. The van der Waals surface area contributed by atoms with Crippen LogP contribution in [-0.4, -0.2) is 54.5 Å². The van der Waals surface area contributed by atoms with Crippen LogP contribution < -0.4 is 9.47 Å². The smallest absolute Gasteiger partial charge is 0.261 e. The molecule has 0 radical (unpaired) electrons. The third-order valence-electron chi connectivity index (χ3n) is 5.74. The molecule has 6 heteroatoms. The van der Waals surface area contributed by atoms with E-state index in [9.17, 15) is 9.59 Å². The van der Waals surface area contributed by atoms with Gasteiger partial charge in [-0.05, 0) is 61.9 Å². The van der Waals surface area contributed by atoms with Crippen molar-refractivity contribution in [2.24, 2.45) is 0 Å². The highest BCUT2D eigenvalue weighted by Crippen LogP contribution is 2.24. The van der Waals surface area contributed by atoms with E-state index < -0.39 is 6.04 Å². The highest BCUT2D eigenvalue weighted by Gasteiger charge is 2.33. The molecule has 3 rings (SSSR count). The topological polar surface area (TPSA) is 59.1 Å². The Morgan fingerprint density at radius 3 is 2.62 bits per heavy atom. The number of carbonyl (C=O) groups is 2. The van der Waals surface area contributed by atoms with Crippen molar-refractivity contribution in [2.45, 2.75) is 52.1 Å². The Morgan fingerprint density at radius 1 is 1.12 bits per heavy atom. The molecule has 0 unspecified atom stereocenters. The molecule has 32 heavy (non-hydrogen) atoms. The van der Waals surface area contributed by atoms with E-state index in [0.717, 1.165) is 42.7 Å². The van der Waals surface area contributed by atoms with Crippen molar-refractivity contribution in [3.8, 4) is 11.5 Å². The number of benzene rings is 2.